The van der Waals surface area contributed by atoms with E-state index in [9.17, 15) is 0 Å². The highest BCUT2D eigenvalue weighted by Gasteiger charge is 1.79. The van der Waals surface area contributed by atoms with Gasteiger partial charge in [0.2, 0.25) is 0 Å². The molecular weight excluding hydrogens is 234 g/mol. The third-order valence-corrected chi connectivity index (χ3v) is 1.80. The average molecular weight is 257 g/mol. The molecule has 17 heavy (non-hydrogen) atoms. The molecule has 3 nitrogen and oxygen atoms in total. The molecule has 0 saturated heterocycles. The van der Waals surface area contributed by atoms with Gasteiger partial charge in [-0.3, -0.25) is 0 Å². The minimum absolute atomic E-state index is 0.927. The van der Waals surface area contributed by atoms with Crippen LogP contribution in [0.15, 0.2) is 24.3 Å². The van der Waals surface area contributed by atoms with Crippen LogP contribution < -0.4 is 5.32 Å². The Morgan fingerprint density at radius 1 is 1.00 bits per heavy atom. The van der Waals surface area contributed by atoms with Crippen molar-refractivity contribution in [3.05, 3.63) is 35.4 Å². The Kier molecular flexibility index (Phi) is 25.3. The first-order valence-corrected chi connectivity index (χ1v) is 5.70. The van der Waals surface area contributed by atoms with E-state index < -0.39 is 0 Å². The summed E-state index contributed by atoms with van der Waals surface area (Å²) in [6.45, 7) is 9.20. The standard InChI is InChI=1S/C8H10.C3H9NS.2CH2O/c1-7-3-5-8(2)6-4-7;1-4-2-3-5;2*1-2/h3-6H,1-2H3;4-5H,2-3H2,1H3;2*1H2. The molecule has 0 aliphatic rings. The van der Waals surface area contributed by atoms with Gasteiger partial charge < -0.3 is 14.9 Å². The zero-order valence-electron chi connectivity index (χ0n) is 10.9. The molecule has 0 aliphatic heterocycles. The van der Waals surface area contributed by atoms with E-state index in [4.69, 9.17) is 9.59 Å². The molecule has 0 saturated carbocycles. The van der Waals surface area contributed by atoms with Crippen LogP contribution in [0.2, 0.25) is 0 Å². The van der Waals surface area contributed by atoms with Gasteiger partial charge in [0, 0.05) is 12.3 Å². The van der Waals surface area contributed by atoms with Gasteiger partial charge in [-0.1, -0.05) is 35.4 Å². The molecule has 0 spiro atoms. The van der Waals surface area contributed by atoms with Gasteiger partial charge in [0.15, 0.2) is 0 Å². The van der Waals surface area contributed by atoms with Crippen molar-refractivity contribution >= 4 is 26.2 Å². The smallest absolute Gasteiger partial charge is 0.106 e. The monoisotopic (exact) mass is 257 g/mol. The summed E-state index contributed by atoms with van der Waals surface area (Å²) in [6, 6.07) is 8.48. The van der Waals surface area contributed by atoms with Crippen LogP contribution in [0.1, 0.15) is 11.1 Å². The number of hydrogen-bond acceptors (Lipinski definition) is 4. The second-order valence-corrected chi connectivity index (χ2v) is 3.43. The lowest BCUT2D eigenvalue weighted by Crippen LogP contribution is -2.07. The summed E-state index contributed by atoms with van der Waals surface area (Å²) in [5.74, 6) is 0.927. The summed E-state index contributed by atoms with van der Waals surface area (Å²) in [6.07, 6.45) is 0. The summed E-state index contributed by atoms with van der Waals surface area (Å²) in [4.78, 5) is 16.0. The van der Waals surface area contributed by atoms with Crippen molar-refractivity contribution in [2.45, 2.75) is 13.8 Å². The summed E-state index contributed by atoms with van der Waals surface area (Å²) < 4.78 is 0. The Balaban J connectivity index is -0.000000190. The second kappa shape index (κ2) is 20.3. The number of nitrogens with one attached hydrogen (secondary N) is 1. The summed E-state index contributed by atoms with van der Waals surface area (Å²) in [5.41, 5.74) is 2.66. The highest BCUT2D eigenvalue weighted by molar-refractivity contribution is 7.80. The molecule has 4 heteroatoms. The van der Waals surface area contributed by atoms with E-state index in [2.05, 4.69) is 56.1 Å². The molecule has 0 radical (unpaired) electrons. The number of hydrogen-bond donors (Lipinski definition) is 2. The first-order chi connectivity index (χ1) is 8.20. The summed E-state index contributed by atoms with van der Waals surface area (Å²) in [7, 11) is 1.91. The van der Waals surface area contributed by atoms with Gasteiger partial charge in [-0.25, -0.2) is 0 Å². The molecular formula is C13H23NO2S. The van der Waals surface area contributed by atoms with E-state index in [0.29, 0.717) is 0 Å². The lowest BCUT2D eigenvalue weighted by molar-refractivity contribution is -0.0987. The van der Waals surface area contributed by atoms with E-state index in [1.807, 2.05) is 20.6 Å². The second-order valence-electron chi connectivity index (χ2n) is 2.98. The summed E-state index contributed by atoms with van der Waals surface area (Å²) in [5, 5.41) is 2.94. The largest absolute Gasteiger partial charge is 0.319 e. The van der Waals surface area contributed by atoms with Gasteiger partial charge in [-0.2, -0.15) is 12.6 Å². The molecule has 0 aromatic heterocycles. The molecule has 0 bridgehead atoms. The predicted octanol–water partition coefficient (Wildman–Crippen LogP) is 2.07. The van der Waals surface area contributed by atoms with Crippen molar-refractivity contribution in [1.82, 2.24) is 5.32 Å². The topological polar surface area (TPSA) is 46.2 Å². The minimum Gasteiger partial charge on any atom is -0.319 e. The molecule has 0 heterocycles. The van der Waals surface area contributed by atoms with Gasteiger partial charge in [0.1, 0.15) is 13.6 Å². The highest BCUT2D eigenvalue weighted by atomic mass is 32.1. The maximum Gasteiger partial charge on any atom is 0.106 e. The van der Waals surface area contributed by atoms with Crippen LogP contribution in [0.5, 0.6) is 0 Å². The van der Waals surface area contributed by atoms with E-state index in [1.54, 1.807) is 0 Å². The molecule has 0 aliphatic carbocycles. The third kappa shape index (κ3) is 20.8. The van der Waals surface area contributed by atoms with Crippen LogP contribution in [-0.2, 0) is 9.59 Å². The van der Waals surface area contributed by atoms with Crippen LogP contribution in [0, 0.1) is 13.8 Å². The number of benzene rings is 1. The van der Waals surface area contributed by atoms with E-state index in [1.165, 1.54) is 11.1 Å². The van der Waals surface area contributed by atoms with Crippen LogP contribution >= 0.6 is 12.6 Å². The van der Waals surface area contributed by atoms with Crippen LogP contribution in [0.4, 0.5) is 0 Å². The van der Waals surface area contributed by atoms with Gasteiger partial charge in [0.25, 0.3) is 0 Å². The first-order valence-electron chi connectivity index (χ1n) is 5.07. The molecule has 1 aromatic rings. The van der Waals surface area contributed by atoms with E-state index >= 15 is 0 Å². The van der Waals surface area contributed by atoms with Crippen LogP contribution in [-0.4, -0.2) is 32.9 Å². The average Bonchev–Trinajstić information content (AvgIpc) is 2.40. The molecule has 1 N–H and O–H groups in total. The third-order valence-electron chi connectivity index (χ3n) is 1.58. The fourth-order valence-electron chi connectivity index (χ4n) is 0.749. The van der Waals surface area contributed by atoms with Gasteiger partial charge in [-0.15, -0.1) is 0 Å². The molecule has 0 atom stereocenters. The van der Waals surface area contributed by atoms with E-state index in [-0.39, 0.29) is 0 Å². The van der Waals surface area contributed by atoms with Crippen molar-refractivity contribution in [3.63, 3.8) is 0 Å². The number of thiol groups is 1. The summed E-state index contributed by atoms with van der Waals surface area (Å²) >= 11 is 3.94. The number of carbonyl (C=O) groups is 2. The molecule has 1 rings (SSSR count). The normalized spacial score (nSPS) is 7.29. The van der Waals surface area contributed by atoms with Crippen molar-refractivity contribution in [1.29, 1.82) is 0 Å². The van der Waals surface area contributed by atoms with Gasteiger partial charge >= 0.3 is 0 Å². The molecule has 0 unspecified atom stereocenters. The van der Waals surface area contributed by atoms with Crippen molar-refractivity contribution in [3.8, 4) is 0 Å². The number of rotatable bonds is 2. The van der Waals surface area contributed by atoms with E-state index in [0.717, 1.165) is 12.3 Å². The van der Waals surface area contributed by atoms with Gasteiger partial charge in [-0.05, 0) is 20.9 Å². The quantitative estimate of drug-likeness (QED) is 0.797. The van der Waals surface area contributed by atoms with Gasteiger partial charge in [0.05, 0.1) is 0 Å². The van der Waals surface area contributed by atoms with Crippen LogP contribution in [0.25, 0.3) is 0 Å². The van der Waals surface area contributed by atoms with Crippen molar-refractivity contribution in [2.75, 3.05) is 19.3 Å². The lowest BCUT2D eigenvalue weighted by Gasteiger charge is -1.90. The Morgan fingerprint density at radius 3 is 1.41 bits per heavy atom. The maximum absolute atomic E-state index is 8.00. The van der Waals surface area contributed by atoms with Crippen molar-refractivity contribution < 1.29 is 9.59 Å². The number of aryl methyl sites for hydroxylation is 2. The Bertz CT molecular complexity index is 215. The van der Waals surface area contributed by atoms with Crippen LogP contribution in [0.3, 0.4) is 0 Å². The molecule has 0 amide bonds. The molecule has 98 valence electrons. The fourth-order valence-corrected chi connectivity index (χ4v) is 0.972. The molecule has 0 fully saturated rings. The number of carbonyl (C=O) groups excluding carboxylic acids is 2. The zero-order chi connectivity index (χ0) is 14.1. The Morgan fingerprint density at radius 2 is 1.29 bits per heavy atom. The maximum atomic E-state index is 8.00. The fraction of sp³-hybridized carbons (Fsp3) is 0.385. The zero-order valence-corrected chi connectivity index (χ0v) is 11.8. The minimum atomic E-state index is 0.927. The Labute approximate surface area is 110 Å². The SMILES string of the molecule is C=O.C=O.CNCCS.Cc1ccc(C)cc1. The molecule has 1 aromatic carbocycles. The lowest BCUT2D eigenvalue weighted by atomic mass is 10.2. The highest BCUT2D eigenvalue weighted by Crippen LogP contribution is 1.99. The Hall–Kier alpha value is -1.13. The van der Waals surface area contributed by atoms with Crippen molar-refractivity contribution in [2.24, 2.45) is 0 Å². The first kappa shape index (κ1) is 21.2. The predicted molar refractivity (Wildman–Crippen MR) is 77.9 cm³/mol.